The molecule has 1 N–H and O–H groups in total. The van der Waals surface area contributed by atoms with E-state index in [4.69, 9.17) is 4.74 Å². The van der Waals surface area contributed by atoms with Crippen LogP contribution in [0.5, 0.6) is 0 Å². The minimum atomic E-state index is -0.476. The predicted molar refractivity (Wildman–Crippen MR) is 71.4 cm³/mol. The van der Waals surface area contributed by atoms with Gasteiger partial charge in [0.1, 0.15) is 5.60 Å². The van der Waals surface area contributed by atoms with Gasteiger partial charge >= 0.3 is 6.09 Å². The Morgan fingerprint density at radius 2 is 1.94 bits per heavy atom. The number of aliphatic hydroxyl groups excluding tert-OH is 1. The molecule has 0 aromatic rings. The van der Waals surface area contributed by atoms with Crippen molar-refractivity contribution in [3.05, 3.63) is 0 Å². The van der Waals surface area contributed by atoms with Crippen molar-refractivity contribution in [2.24, 2.45) is 5.41 Å². The van der Waals surface area contributed by atoms with Gasteiger partial charge in [-0.25, -0.2) is 4.79 Å². The molecule has 0 aliphatic heterocycles. The summed E-state index contributed by atoms with van der Waals surface area (Å²) in [7, 11) is 0. The lowest BCUT2D eigenvalue weighted by Gasteiger charge is -2.44. The molecule has 1 rings (SSSR count). The van der Waals surface area contributed by atoms with Crippen LogP contribution in [0.1, 0.15) is 53.9 Å². The molecule has 0 aromatic carbocycles. The van der Waals surface area contributed by atoms with Crippen molar-refractivity contribution >= 4 is 6.09 Å². The van der Waals surface area contributed by atoms with Gasteiger partial charge in [-0.05, 0) is 47.5 Å². The SMILES string of the molecule is CC(C)N(CC1(CO)CCC1)C(=O)OC(C)(C)C. The van der Waals surface area contributed by atoms with Crippen molar-refractivity contribution in [3.8, 4) is 0 Å². The largest absolute Gasteiger partial charge is 0.444 e. The highest BCUT2D eigenvalue weighted by molar-refractivity contribution is 5.68. The Morgan fingerprint density at radius 3 is 2.22 bits per heavy atom. The number of aliphatic hydroxyl groups is 1. The van der Waals surface area contributed by atoms with Crippen molar-refractivity contribution in [2.75, 3.05) is 13.2 Å². The van der Waals surface area contributed by atoms with Crippen LogP contribution in [0.15, 0.2) is 0 Å². The number of ether oxygens (including phenoxy) is 1. The van der Waals surface area contributed by atoms with Crippen LogP contribution >= 0.6 is 0 Å². The molecule has 0 bridgehead atoms. The molecule has 1 aliphatic rings. The van der Waals surface area contributed by atoms with E-state index in [9.17, 15) is 9.90 Å². The fourth-order valence-electron chi connectivity index (χ4n) is 2.18. The molecule has 1 saturated carbocycles. The van der Waals surface area contributed by atoms with Gasteiger partial charge in [0.05, 0.1) is 6.61 Å². The first-order valence-corrected chi connectivity index (χ1v) is 6.80. The summed E-state index contributed by atoms with van der Waals surface area (Å²) in [5.74, 6) is 0. The Hall–Kier alpha value is -0.770. The number of hydrogen-bond donors (Lipinski definition) is 1. The molecule has 0 heterocycles. The molecule has 0 atom stereocenters. The highest BCUT2D eigenvalue weighted by Crippen LogP contribution is 2.41. The van der Waals surface area contributed by atoms with E-state index < -0.39 is 5.60 Å². The van der Waals surface area contributed by atoms with Gasteiger partial charge in [0.25, 0.3) is 0 Å². The molecule has 4 heteroatoms. The Morgan fingerprint density at radius 1 is 1.39 bits per heavy atom. The number of carbonyl (C=O) groups is 1. The van der Waals surface area contributed by atoms with Crippen molar-refractivity contribution in [1.29, 1.82) is 0 Å². The van der Waals surface area contributed by atoms with E-state index >= 15 is 0 Å². The average molecular weight is 257 g/mol. The second kappa shape index (κ2) is 5.47. The first kappa shape index (κ1) is 15.3. The van der Waals surface area contributed by atoms with Crippen LogP contribution in [0.25, 0.3) is 0 Å². The summed E-state index contributed by atoms with van der Waals surface area (Å²) in [6.45, 7) is 10.3. The third kappa shape index (κ3) is 3.87. The second-order valence-corrected chi connectivity index (χ2v) is 6.71. The van der Waals surface area contributed by atoms with Gasteiger partial charge in [-0.3, -0.25) is 0 Å². The maximum Gasteiger partial charge on any atom is 0.410 e. The number of carbonyl (C=O) groups excluding carboxylic acids is 1. The van der Waals surface area contributed by atoms with Gasteiger partial charge in [-0.15, -0.1) is 0 Å². The van der Waals surface area contributed by atoms with Crippen LogP contribution in [0, 0.1) is 5.41 Å². The molecule has 4 nitrogen and oxygen atoms in total. The molecular weight excluding hydrogens is 230 g/mol. The second-order valence-electron chi connectivity index (χ2n) is 6.71. The normalized spacial score (nSPS) is 18.4. The van der Waals surface area contributed by atoms with E-state index in [0.29, 0.717) is 6.54 Å². The first-order valence-electron chi connectivity index (χ1n) is 6.80. The van der Waals surface area contributed by atoms with Gasteiger partial charge in [-0.2, -0.15) is 0 Å². The highest BCUT2D eigenvalue weighted by atomic mass is 16.6. The highest BCUT2D eigenvalue weighted by Gasteiger charge is 2.40. The third-order valence-electron chi connectivity index (χ3n) is 3.51. The molecule has 0 spiro atoms. The lowest BCUT2D eigenvalue weighted by Crippen LogP contribution is -2.50. The molecule has 0 saturated heterocycles. The molecule has 106 valence electrons. The zero-order chi connectivity index (χ0) is 14.0. The van der Waals surface area contributed by atoms with E-state index in [-0.39, 0.29) is 24.2 Å². The van der Waals surface area contributed by atoms with Gasteiger partial charge in [-0.1, -0.05) is 6.42 Å². The number of amides is 1. The van der Waals surface area contributed by atoms with Crippen LogP contribution < -0.4 is 0 Å². The van der Waals surface area contributed by atoms with Crippen molar-refractivity contribution in [2.45, 2.75) is 65.5 Å². The molecule has 0 radical (unpaired) electrons. The topological polar surface area (TPSA) is 49.8 Å². The maximum atomic E-state index is 12.2. The van der Waals surface area contributed by atoms with Crippen molar-refractivity contribution < 1.29 is 14.6 Å². The molecule has 1 fully saturated rings. The minimum absolute atomic E-state index is 0.0869. The van der Waals surface area contributed by atoms with E-state index in [1.54, 1.807) is 4.90 Å². The standard InChI is InChI=1S/C14H27NO3/c1-11(2)15(12(17)18-13(3,4)5)9-14(10-16)7-6-8-14/h11,16H,6-10H2,1-5H3. The maximum absolute atomic E-state index is 12.2. The van der Waals surface area contributed by atoms with Gasteiger partial charge in [0.2, 0.25) is 0 Å². The quantitative estimate of drug-likeness (QED) is 0.842. The Labute approximate surface area is 110 Å². The van der Waals surface area contributed by atoms with Crippen LogP contribution in [0.3, 0.4) is 0 Å². The van der Waals surface area contributed by atoms with Gasteiger partial charge in [0, 0.05) is 18.0 Å². The first-order chi connectivity index (χ1) is 8.19. The molecule has 1 aliphatic carbocycles. The zero-order valence-corrected chi connectivity index (χ0v) is 12.3. The summed E-state index contributed by atoms with van der Waals surface area (Å²) in [6, 6.07) is 0.0869. The monoisotopic (exact) mass is 257 g/mol. The summed E-state index contributed by atoms with van der Waals surface area (Å²) in [5.41, 5.74) is -0.572. The molecular formula is C14H27NO3. The fourth-order valence-corrected chi connectivity index (χ4v) is 2.18. The van der Waals surface area contributed by atoms with Gasteiger partial charge < -0.3 is 14.7 Å². The Balaban J connectivity index is 2.68. The summed E-state index contributed by atoms with van der Waals surface area (Å²) in [6.07, 6.45) is 2.85. The van der Waals surface area contributed by atoms with E-state index in [1.165, 1.54) is 0 Å². The Kier molecular flexibility index (Phi) is 4.65. The fraction of sp³-hybridized carbons (Fsp3) is 0.929. The van der Waals surface area contributed by atoms with E-state index in [1.807, 2.05) is 34.6 Å². The number of hydrogen-bond acceptors (Lipinski definition) is 3. The van der Waals surface area contributed by atoms with Crippen LogP contribution in [-0.4, -0.2) is 40.9 Å². The summed E-state index contributed by atoms with van der Waals surface area (Å²) in [4.78, 5) is 13.9. The van der Waals surface area contributed by atoms with Crippen LogP contribution in [0.2, 0.25) is 0 Å². The zero-order valence-electron chi connectivity index (χ0n) is 12.3. The minimum Gasteiger partial charge on any atom is -0.444 e. The third-order valence-corrected chi connectivity index (χ3v) is 3.51. The van der Waals surface area contributed by atoms with Crippen molar-refractivity contribution in [1.82, 2.24) is 4.90 Å². The number of nitrogens with zero attached hydrogens (tertiary/aromatic N) is 1. The summed E-state index contributed by atoms with van der Waals surface area (Å²) < 4.78 is 5.43. The summed E-state index contributed by atoms with van der Waals surface area (Å²) >= 11 is 0. The summed E-state index contributed by atoms with van der Waals surface area (Å²) in [5, 5.41) is 9.50. The van der Waals surface area contributed by atoms with Gasteiger partial charge in [0.15, 0.2) is 0 Å². The number of rotatable bonds is 4. The Bertz CT molecular complexity index is 284. The molecule has 18 heavy (non-hydrogen) atoms. The van der Waals surface area contributed by atoms with Crippen LogP contribution in [-0.2, 0) is 4.74 Å². The molecule has 0 unspecified atom stereocenters. The molecule has 0 aromatic heterocycles. The van der Waals surface area contributed by atoms with E-state index in [0.717, 1.165) is 19.3 Å². The predicted octanol–water partition coefficient (Wildman–Crippen LogP) is 2.79. The smallest absolute Gasteiger partial charge is 0.410 e. The lowest BCUT2D eigenvalue weighted by atomic mass is 9.69. The lowest BCUT2D eigenvalue weighted by molar-refractivity contribution is -0.0226. The average Bonchev–Trinajstić information content (AvgIpc) is 2.13. The molecule has 1 amide bonds. The van der Waals surface area contributed by atoms with Crippen LogP contribution in [0.4, 0.5) is 4.79 Å². The van der Waals surface area contributed by atoms with Crippen molar-refractivity contribution in [3.63, 3.8) is 0 Å². The van der Waals surface area contributed by atoms with E-state index in [2.05, 4.69) is 0 Å².